The van der Waals surface area contributed by atoms with E-state index in [0.29, 0.717) is 17.4 Å². The van der Waals surface area contributed by atoms with Gasteiger partial charge in [0.15, 0.2) is 12.4 Å². The van der Waals surface area contributed by atoms with E-state index in [-0.39, 0.29) is 16.4 Å². The van der Waals surface area contributed by atoms with Gasteiger partial charge < -0.3 is 14.8 Å². The molecule has 0 saturated heterocycles. The number of rotatable bonds is 6. The van der Waals surface area contributed by atoms with Crippen molar-refractivity contribution in [3.05, 3.63) is 52.1 Å². The molecule has 0 aliphatic heterocycles. The van der Waals surface area contributed by atoms with Crippen LogP contribution in [0.25, 0.3) is 0 Å². The lowest BCUT2D eigenvalue weighted by Gasteiger charge is -2.10. The number of pyridine rings is 1. The van der Waals surface area contributed by atoms with Crippen LogP contribution in [0.15, 0.2) is 36.5 Å². The third-order valence-corrected chi connectivity index (χ3v) is 3.30. The number of nitrogens with zero attached hydrogens (tertiary/aromatic N) is 1. The van der Waals surface area contributed by atoms with Crippen LogP contribution >= 0.6 is 23.2 Å². The number of benzene rings is 1. The molecule has 8 heteroatoms. The van der Waals surface area contributed by atoms with Crippen molar-refractivity contribution in [3.8, 4) is 5.75 Å². The lowest BCUT2D eigenvalue weighted by molar-refractivity contribution is -0.119. The summed E-state index contributed by atoms with van der Waals surface area (Å²) in [5.41, 5.74) is 0.245. The predicted molar refractivity (Wildman–Crippen MR) is 90.8 cm³/mol. The smallest absolute Gasteiger partial charge is 0.342 e. The van der Waals surface area contributed by atoms with E-state index in [4.69, 9.17) is 32.7 Å². The summed E-state index contributed by atoms with van der Waals surface area (Å²) in [4.78, 5) is 27.8. The molecule has 0 bridgehead atoms. The van der Waals surface area contributed by atoms with Gasteiger partial charge in [-0.15, -0.1) is 0 Å². The number of nitrogens with one attached hydrogen (secondary N) is 1. The molecule has 6 nitrogen and oxygen atoms in total. The Morgan fingerprint density at radius 2 is 2.00 bits per heavy atom. The Balaban J connectivity index is 1.95. The maximum absolute atomic E-state index is 12.1. The number of aromatic nitrogens is 1. The second-order valence-electron chi connectivity index (χ2n) is 4.54. The summed E-state index contributed by atoms with van der Waals surface area (Å²) in [6, 6.07) is 8.07. The van der Waals surface area contributed by atoms with Gasteiger partial charge in [-0.05, 0) is 25.1 Å². The van der Waals surface area contributed by atoms with Gasteiger partial charge in [0.05, 0.1) is 16.7 Å². The highest BCUT2D eigenvalue weighted by Gasteiger charge is 2.16. The van der Waals surface area contributed by atoms with Gasteiger partial charge in [0.1, 0.15) is 11.3 Å². The van der Waals surface area contributed by atoms with Crippen molar-refractivity contribution >= 4 is 40.9 Å². The van der Waals surface area contributed by atoms with Crippen molar-refractivity contribution in [1.82, 2.24) is 4.98 Å². The minimum absolute atomic E-state index is 0.136. The molecule has 0 aliphatic carbocycles. The first-order chi connectivity index (χ1) is 11.5. The van der Waals surface area contributed by atoms with E-state index in [1.54, 1.807) is 31.2 Å². The van der Waals surface area contributed by atoms with Crippen LogP contribution in [0.4, 0.5) is 5.82 Å². The number of ether oxygens (including phenoxy) is 2. The average molecular weight is 369 g/mol. The highest BCUT2D eigenvalue weighted by Crippen LogP contribution is 2.22. The van der Waals surface area contributed by atoms with Crippen LogP contribution in [0, 0.1) is 0 Å². The Bertz CT molecular complexity index is 753. The van der Waals surface area contributed by atoms with Crippen molar-refractivity contribution in [2.75, 3.05) is 18.5 Å². The van der Waals surface area contributed by atoms with E-state index in [1.165, 1.54) is 12.3 Å². The van der Waals surface area contributed by atoms with Gasteiger partial charge in [-0.25, -0.2) is 9.78 Å². The molecule has 2 rings (SSSR count). The third kappa shape index (κ3) is 4.84. The highest BCUT2D eigenvalue weighted by atomic mass is 35.5. The van der Waals surface area contributed by atoms with Crippen molar-refractivity contribution in [2.24, 2.45) is 0 Å². The number of amides is 1. The standard InChI is InChI=1S/C16H14Cl2N2O4/c1-2-23-13-6-4-3-5-11(13)16(22)24-9-14(21)20-15-12(18)7-10(17)8-19-15/h3-8H,2,9H2,1H3,(H,19,20,21). The zero-order chi connectivity index (χ0) is 17.5. The summed E-state index contributed by atoms with van der Waals surface area (Å²) in [5, 5.41) is 2.96. The summed E-state index contributed by atoms with van der Waals surface area (Å²) in [7, 11) is 0. The fourth-order valence-corrected chi connectivity index (χ4v) is 2.23. The third-order valence-electron chi connectivity index (χ3n) is 2.81. The predicted octanol–water partition coefficient (Wildman–Crippen LogP) is 3.58. The molecule has 1 heterocycles. The van der Waals surface area contributed by atoms with Crippen molar-refractivity contribution in [3.63, 3.8) is 0 Å². The van der Waals surface area contributed by atoms with Gasteiger partial charge in [-0.1, -0.05) is 35.3 Å². The molecule has 1 aromatic carbocycles. The first-order valence-electron chi connectivity index (χ1n) is 7.01. The fourth-order valence-electron chi connectivity index (χ4n) is 1.80. The van der Waals surface area contributed by atoms with Gasteiger partial charge in [0, 0.05) is 6.20 Å². The van der Waals surface area contributed by atoms with Crippen molar-refractivity contribution in [1.29, 1.82) is 0 Å². The summed E-state index contributed by atoms with van der Waals surface area (Å²) in [6.45, 7) is 1.73. The molecule has 0 aliphatic rings. The number of esters is 1. The molecule has 2 aromatic rings. The van der Waals surface area contributed by atoms with Crippen LogP contribution in [-0.2, 0) is 9.53 Å². The first-order valence-corrected chi connectivity index (χ1v) is 7.76. The Morgan fingerprint density at radius 3 is 2.71 bits per heavy atom. The number of carbonyl (C=O) groups excluding carboxylic acids is 2. The maximum atomic E-state index is 12.1. The van der Waals surface area contributed by atoms with Crippen LogP contribution in [-0.4, -0.2) is 30.1 Å². The van der Waals surface area contributed by atoms with Gasteiger partial charge >= 0.3 is 5.97 Å². The van der Waals surface area contributed by atoms with Gasteiger partial charge in [-0.3, -0.25) is 4.79 Å². The fraction of sp³-hybridized carbons (Fsp3) is 0.188. The minimum Gasteiger partial charge on any atom is -0.493 e. The van der Waals surface area contributed by atoms with E-state index < -0.39 is 18.5 Å². The number of carbonyl (C=O) groups is 2. The van der Waals surface area contributed by atoms with Crippen LogP contribution in [0.3, 0.4) is 0 Å². The zero-order valence-corrected chi connectivity index (χ0v) is 14.2. The molecular weight excluding hydrogens is 355 g/mol. The molecule has 1 amide bonds. The number of halogens is 2. The van der Waals surface area contributed by atoms with Gasteiger partial charge in [0.2, 0.25) is 0 Å². The largest absolute Gasteiger partial charge is 0.493 e. The molecule has 0 saturated carbocycles. The molecule has 1 aromatic heterocycles. The van der Waals surface area contributed by atoms with Crippen LogP contribution in [0.5, 0.6) is 5.75 Å². The Labute approximate surface area is 148 Å². The summed E-state index contributed by atoms with van der Waals surface area (Å²) < 4.78 is 10.3. The van der Waals surface area contributed by atoms with Crippen molar-refractivity contribution < 1.29 is 19.1 Å². The maximum Gasteiger partial charge on any atom is 0.342 e. The molecule has 0 radical (unpaired) electrons. The Kier molecular flexibility index (Phi) is 6.40. The minimum atomic E-state index is -0.663. The molecule has 0 unspecified atom stereocenters. The van der Waals surface area contributed by atoms with Gasteiger partial charge in [0.25, 0.3) is 5.91 Å². The molecule has 0 atom stereocenters. The zero-order valence-electron chi connectivity index (χ0n) is 12.7. The second-order valence-corrected chi connectivity index (χ2v) is 5.38. The SMILES string of the molecule is CCOc1ccccc1C(=O)OCC(=O)Nc1ncc(Cl)cc1Cl. The molecule has 0 fully saturated rings. The lowest BCUT2D eigenvalue weighted by atomic mass is 10.2. The number of hydrogen-bond donors (Lipinski definition) is 1. The Morgan fingerprint density at radius 1 is 1.25 bits per heavy atom. The van der Waals surface area contributed by atoms with E-state index in [0.717, 1.165) is 0 Å². The van der Waals surface area contributed by atoms with E-state index >= 15 is 0 Å². The molecule has 24 heavy (non-hydrogen) atoms. The van der Waals surface area contributed by atoms with E-state index in [9.17, 15) is 9.59 Å². The summed E-state index contributed by atoms with van der Waals surface area (Å²) in [5.74, 6) is -0.706. The topological polar surface area (TPSA) is 77.5 Å². The number of anilines is 1. The Hall–Kier alpha value is -2.31. The van der Waals surface area contributed by atoms with Gasteiger partial charge in [-0.2, -0.15) is 0 Å². The molecular formula is C16H14Cl2N2O4. The second kappa shape index (κ2) is 8.52. The van der Waals surface area contributed by atoms with Crippen LogP contribution in [0.1, 0.15) is 17.3 Å². The normalized spacial score (nSPS) is 10.1. The first kappa shape index (κ1) is 18.0. The monoisotopic (exact) mass is 368 g/mol. The molecule has 126 valence electrons. The summed E-state index contributed by atoms with van der Waals surface area (Å²) >= 11 is 11.6. The summed E-state index contributed by atoms with van der Waals surface area (Å²) in [6.07, 6.45) is 1.34. The van der Waals surface area contributed by atoms with Crippen molar-refractivity contribution in [2.45, 2.75) is 6.92 Å². The van der Waals surface area contributed by atoms with E-state index in [2.05, 4.69) is 10.3 Å². The highest BCUT2D eigenvalue weighted by molar-refractivity contribution is 6.36. The quantitative estimate of drug-likeness (QED) is 0.788. The lowest BCUT2D eigenvalue weighted by Crippen LogP contribution is -2.22. The van der Waals surface area contributed by atoms with Crippen LogP contribution in [0.2, 0.25) is 10.0 Å². The van der Waals surface area contributed by atoms with E-state index in [1.807, 2.05) is 0 Å². The van der Waals surface area contributed by atoms with Crippen LogP contribution < -0.4 is 10.1 Å². The number of hydrogen-bond acceptors (Lipinski definition) is 5. The number of para-hydroxylation sites is 1. The molecule has 1 N–H and O–H groups in total. The molecule has 0 spiro atoms. The average Bonchev–Trinajstić information content (AvgIpc) is 2.56.